The zero-order valence-electron chi connectivity index (χ0n) is 14.2. The summed E-state index contributed by atoms with van der Waals surface area (Å²) in [5.41, 5.74) is 6.18. The van der Waals surface area contributed by atoms with Crippen LogP contribution < -0.4 is 5.32 Å². The molecule has 1 aromatic carbocycles. The number of aryl methyl sites for hydroxylation is 2. The molecule has 0 spiro atoms. The van der Waals surface area contributed by atoms with Gasteiger partial charge in [-0.1, -0.05) is 12.1 Å². The van der Waals surface area contributed by atoms with E-state index in [0.717, 1.165) is 31.8 Å². The van der Waals surface area contributed by atoms with Crippen molar-refractivity contribution in [3.8, 4) is 11.3 Å². The maximum absolute atomic E-state index is 5.77. The molecular formula is C19H27N3O. The number of hydrogen-bond acceptors (Lipinski definition) is 3. The summed E-state index contributed by atoms with van der Waals surface area (Å²) in [5.74, 6) is 0. The van der Waals surface area contributed by atoms with Crippen molar-refractivity contribution in [3.05, 3.63) is 41.1 Å². The first-order valence-corrected chi connectivity index (χ1v) is 8.66. The molecule has 0 radical (unpaired) electrons. The third-order valence-electron chi connectivity index (χ3n) is 4.75. The van der Waals surface area contributed by atoms with E-state index in [4.69, 9.17) is 4.74 Å². The fourth-order valence-corrected chi connectivity index (χ4v) is 3.11. The average Bonchev–Trinajstić information content (AvgIpc) is 3.04. The van der Waals surface area contributed by atoms with Gasteiger partial charge < -0.3 is 10.1 Å². The van der Waals surface area contributed by atoms with Gasteiger partial charge in [-0.2, -0.15) is 5.10 Å². The number of ether oxygens (including phenoxy) is 1. The smallest absolute Gasteiger partial charge is 0.0695 e. The highest BCUT2D eigenvalue weighted by Crippen LogP contribution is 2.23. The van der Waals surface area contributed by atoms with E-state index in [-0.39, 0.29) is 0 Å². The topological polar surface area (TPSA) is 49.9 Å². The van der Waals surface area contributed by atoms with Crippen LogP contribution in [0.2, 0.25) is 0 Å². The molecule has 1 aromatic heterocycles. The normalized spacial score (nSPS) is 18.3. The highest BCUT2D eigenvalue weighted by atomic mass is 16.5. The maximum atomic E-state index is 5.77. The largest absolute Gasteiger partial charge is 0.378 e. The van der Waals surface area contributed by atoms with Gasteiger partial charge in [-0.15, -0.1) is 0 Å². The number of hydrogen-bond donors (Lipinski definition) is 2. The molecule has 0 bridgehead atoms. The van der Waals surface area contributed by atoms with E-state index in [2.05, 4.69) is 47.6 Å². The van der Waals surface area contributed by atoms with Crippen LogP contribution in [0.3, 0.4) is 0 Å². The molecule has 2 aromatic rings. The number of aromatic nitrogens is 2. The zero-order chi connectivity index (χ0) is 16.1. The van der Waals surface area contributed by atoms with E-state index in [1.165, 1.54) is 41.5 Å². The molecule has 1 aliphatic heterocycles. The molecule has 1 aliphatic rings. The lowest BCUT2D eigenvalue weighted by Gasteiger charge is -2.22. The minimum Gasteiger partial charge on any atom is -0.378 e. The van der Waals surface area contributed by atoms with Crippen molar-refractivity contribution < 1.29 is 4.74 Å². The molecule has 4 heteroatoms. The molecule has 0 aliphatic carbocycles. The van der Waals surface area contributed by atoms with Gasteiger partial charge in [-0.3, -0.25) is 5.10 Å². The van der Waals surface area contributed by atoms with Crippen molar-refractivity contribution in [2.75, 3.05) is 13.2 Å². The van der Waals surface area contributed by atoms with Crippen molar-refractivity contribution in [3.63, 3.8) is 0 Å². The molecule has 2 N–H and O–H groups in total. The minimum absolute atomic E-state index is 0.444. The fourth-order valence-electron chi connectivity index (χ4n) is 3.11. The highest BCUT2D eigenvalue weighted by molar-refractivity contribution is 5.64. The van der Waals surface area contributed by atoms with E-state index in [1.807, 2.05) is 6.20 Å². The number of nitrogens with one attached hydrogen (secondary N) is 2. The lowest BCUT2D eigenvalue weighted by molar-refractivity contribution is 0.0115. The Kier molecular flexibility index (Phi) is 5.47. The Labute approximate surface area is 138 Å². The lowest BCUT2D eigenvalue weighted by Crippen LogP contribution is -2.25. The van der Waals surface area contributed by atoms with Crippen LogP contribution in [0.15, 0.2) is 24.4 Å². The minimum atomic E-state index is 0.444. The number of H-pyrrole nitrogens is 1. The molecule has 23 heavy (non-hydrogen) atoms. The van der Waals surface area contributed by atoms with E-state index in [9.17, 15) is 0 Å². The fraction of sp³-hybridized carbons (Fsp3) is 0.526. The van der Waals surface area contributed by atoms with Gasteiger partial charge in [0.05, 0.1) is 18.0 Å². The number of benzene rings is 1. The number of aromatic amines is 1. The summed E-state index contributed by atoms with van der Waals surface area (Å²) >= 11 is 0. The van der Waals surface area contributed by atoms with Crippen LogP contribution in [0.25, 0.3) is 11.3 Å². The predicted octanol–water partition coefficient (Wildman–Crippen LogP) is 3.74. The van der Waals surface area contributed by atoms with Crippen LogP contribution in [0.1, 0.15) is 42.4 Å². The molecule has 0 amide bonds. The molecule has 1 saturated heterocycles. The van der Waals surface area contributed by atoms with Crippen molar-refractivity contribution in [2.24, 2.45) is 0 Å². The molecule has 1 unspecified atom stereocenters. The monoisotopic (exact) mass is 313 g/mol. The van der Waals surface area contributed by atoms with E-state index in [1.54, 1.807) is 0 Å². The van der Waals surface area contributed by atoms with Gasteiger partial charge in [0.1, 0.15) is 0 Å². The number of nitrogens with zero attached hydrogens (tertiary/aromatic N) is 1. The summed E-state index contributed by atoms with van der Waals surface area (Å²) in [6.07, 6.45) is 7.20. The number of rotatable bonds is 6. The Morgan fingerprint density at radius 2 is 2.17 bits per heavy atom. The SMILES string of the molecule is Cc1ccc(-c2[nH]ncc2CNCCC2CCCCO2)cc1C. The van der Waals surface area contributed by atoms with Gasteiger partial charge >= 0.3 is 0 Å². The Balaban J connectivity index is 1.54. The van der Waals surface area contributed by atoms with Crippen LogP contribution >= 0.6 is 0 Å². The first kappa shape index (κ1) is 16.2. The van der Waals surface area contributed by atoms with Gasteiger partial charge in [-0.25, -0.2) is 0 Å². The average molecular weight is 313 g/mol. The van der Waals surface area contributed by atoms with Crippen molar-refractivity contribution in [1.29, 1.82) is 0 Å². The van der Waals surface area contributed by atoms with Crippen molar-refractivity contribution >= 4 is 0 Å². The van der Waals surface area contributed by atoms with Gasteiger partial charge in [-0.05, 0) is 63.3 Å². The van der Waals surface area contributed by atoms with Crippen LogP contribution in [-0.4, -0.2) is 29.5 Å². The molecule has 1 fully saturated rings. The second-order valence-electron chi connectivity index (χ2n) is 6.52. The third-order valence-corrected chi connectivity index (χ3v) is 4.75. The predicted molar refractivity (Wildman–Crippen MR) is 93.4 cm³/mol. The molecule has 3 rings (SSSR count). The molecule has 0 saturated carbocycles. The summed E-state index contributed by atoms with van der Waals surface area (Å²) < 4.78 is 5.77. The van der Waals surface area contributed by atoms with E-state index in [0.29, 0.717) is 6.10 Å². The standard InChI is InChI=1S/C19H27N3O/c1-14-6-7-16(11-15(14)2)19-17(13-21-22-19)12-20-9-8-18-5-3-4-10-23-18/h6-7,11,13,18,20H,3-5,8-10,12H2,1-2H3,(H,21,22). The molecular weight excluding hydrogens is 286 g/mol. The summed E-state index contributed by atoms with van der Waals surface area (Å²) in [6, 6.07) is 6.56. The van der Waals surface area contributed by atoms with E-state index >= 15 is 0 Å². The Hall–Kier alpha value is -1.65. The van der Waals surface area contributed by atoms with Crippen molar-refractivity contribution in [2.45, 2.75) is 52.2 Å². The lowest BCUT2D eigenvalue weighted by atomic mass is 10.0. The molecule has 1 atom stereocenters. The summed E-state index contributed by atoms with van der Waals surface area (Å²) in [7, 11) is 0. The van der Waals surface area contributed by atoms with Crippen LogP contribution in [0.4, 0.5) is 0 Å². The summed E-state index contributed by atoms with van der Waals surface area (Å²) in [4.78, 5) is 0. The van der Waals surface area contributed by atoms with E-state index < -0.39 is 0 Å². The Morgan fingerprint density at radius 1 is 1.26 bits per heavy atom. The highest BCUT2D eigenvalue weighted by Gasteiger charge is 2.13. The Morgan fingerprint density at radius 3 is 2.96 bits per heavy atom. The van der Waals surface area contributed by atoms with Gasteiger partial charge in [0, 0.05) is 24.3 Å². The molecule has 4 nitrogen and oxygen atoms in total. The second kappa shape index (κ2) is 7.75. The van der Waals surface area contributed by atoms with Gasteiger partial charge in [0.25, 0.3) is 0 Å². The van der Waals surface area contributed by atoms with Gasteiger partial charge in [0.15, 0.2) is 0 Å². The summed E-state index contributed by atoms with van der Waals surface area (Å²) in [5, 5.41) is 10.9. The molecule has 2 heterocycles. The maximum Gasteiger partial charge on any atom is 0.0695 e. The zero-order valence-corrected chi connectivity index (χ0v) is 14.2. The quantitative estimate of drug-likeness (QED) is 0.799. The van der Waals surface area contributed by atoms with Crippen LogP contribution in [0.5, 0.6) is 0 Å². The van der Waals surface area contributed by atoms with Gasteiger partial charge in [0.2, 0.25) is 0 Å². The van der Waals surface area contributed by atoms with Crippen LogP contribution in [0, 0.1) is 13.8 Å². The summed E-state index contributed by atoms with van der Waals surface area (Å²) in [6.45, 7) is 7.05. The Bertz CT molecular complexity index is 629. The molecule has 124 valence electrons. The van der Waals surface area contributed by atoms with Crippen LogP contribution in [-0.2, 0) is 11.3 Å². The van der Waals surface area contributed by atoms with Crippen molar-refractivity contribution in [1.82, 2.24) is 15.5 Å². The first-order chi connectivity index (χ1) is 11.2. The second-order valence-corrected chi connectivity index (χ2v) is 6.52. The first-order valence-electron chi connectivity index (χ1n) is 8.66. The third kappa shape index (κ3) is 4.21.